The molecule has 0 saturated heterocycles. The van der Waals surface area contributed by atoms with Crippen molar-refractivity contribution in [2.24, 2.45) is 10.3 Å². The molecule has 0 spiro atoms. The lowest BCUT2D eigenvalue weighted by molar-refractivity contribution is -0.125. The van der Waals surface area contributed by atoms with E-state index < -0.39 is 5.91 Å². The summed E-state index contributed by atoms with van der Waals surface area (Å²) in [6.45, 7) is 1.81. The molecule has 1 aliphatic rings. The van der Waals surface area contributed by atoms with E-state index in [9.17, 15) is 4.79 Å². The lowest BCUT2D eigenvalue weighted by Crippen LogP contribution is -2.22. The monoisotopic (exact) mass is 339 g/mol. The molecular weight excluding hydrogens is 322 g/mol. The van der Waals surface area contributed by atoms with Crippen LogP contribution in [0.4, 0.5) is 0 Å². The molecule has 7 heteroatoms. The summed E-state index contributed by atoms with van der Waals surface area (Å²) in [4.78, 5) is 16.7. The third kappa shape index (κ3) is 4.57. The molecule has 0 unspecified atom stereocenters. The zero-order chi connectivity index (χ0) is 17.5. The maximum absolute atomic E-state index is 11.7. The molecule has 0 aliphatic carbocycles. The standard InChI is InChI=1S/C18H17N3O4/c1-13(15-5-3-2-4-6-15)21-25-11-18(22)20-19-10-14-7-8-16-17(9-14)24-12-23-16/h2-10H,11-12H2,1H3,(H,20,22). The summed E-state index contributed by atoms with van der Waals surface area (Å²) in [5.41, 5.74) is 4.78. The second-order valence-corrected chi connectivity index (χ2v) is 5.22. The van der Waals surface area contributed by atoms with E-state index in [1.807, 2.05) is 43.3 Å². The first-order chi connectivity index (χ1) is 12.2. The van der Waals surface area contributed by atoms with E-state index in [0.29, 0.717) is 17.2 Å². The summed E-state index contributed by atoms with van der Waals surface area (Å²) < 4.78 is 10.5. The van der Waals surface area contributed by atoms with E-state index in [-0.39, 0.29) is 13.4 Å². The average Bonchev–Trinajstić information content (AvgIpc) is 3.10. The Labute approximate surface area is 144 Å². The van der Waals surface area contributed by atoms with Crippen LogP contribution in [0, 0.1) is 0 Å². The van der Waals surface area contributed by atoms with Crippen LogP contribution in [-0.4, -0.2) is 31.2 Å². The van der Waals surface area contributed by atoms with Gasteiger partial charge in [-0.25, -0.2) is 5.43 Å². The van der Waals surface area contributed by atoms with Crippen molar-refractivity contribution in [1.29, 1.82) is 0 Å². The van der Waals surface area contributed by atoms with E-state index in [2.05, 4.69) is 15.7 Å². The van der Waals surface area contributed by atoms with E-state index in [1.165, 1.54) is 6.21 Å². The number of amides is 1. The highest BCUT2D eigenvalue weighted by Gasteiger charge is 2.12. The minimum absolute atomic E-state index is 0.215. The van der Waals surface area contributed by atoms with Gasteiger partial charge in [-0.2, -0.15) is 5.10 Å². The molecule has 0 atom stereocenters. The number of rotatable bonds is 6. The number of hydrogen-bond donors (Lipinski definition) is 1. The van der Waals surface area contributed by atoms with E-state index in [4.69, 9.17) is 14.3 Å². The molecule has 0 aromatic heterocycles. The molecule has 7 nitrogen and oxygen atoms in total. The zero-order valence-electron chi connectivity index (χ0n) is 13.6. The molecule has 0 bridgehead atoms. The van der Waals surface area contributed by atoms with Crippen LogP contribution >= 0.6 is 0 Å². The van der Waals surface area contributed by atoms with Crippen molar-refractivity contribution in [3.05, 3.63) is 59.7 Å². The molecule has 0 fully saturated rings. The number of carbonyl (C=O) groups excluding carboxylic acids is 1. The van der Waals surface area contributed by atoms with Crippen LogP contribution in [0.3, 0.4) is 0 Å². The normalized spacial score (nSPS) is 13.1. The van der Waals surface area contributed by atoms with Gasteiger partial charge in [-0.1, -0.05) is 35.5 Å². The highest BCUT2D eigenvalue weighted by atomic mass is 16.7. The Bertz CT molecular complexity index is 803. The molecule has 1 N–H and O–H groups in total. The Hall–Kier alpha value is -3.35. The largest absolute Gasteiger partial charge is 0.454 e. The van der Waals surface area contributed by atoms with Gasteiger partial charge in [-0.05, 0) is 36.2 Å². The van der Waals surface area contributed by atoms with Crippen molar-refractivity contribution in [1.82, 2.24) is 5.43 Å². The number of nitrogens with zero attached hydrogens (tertiary/aromatic N) is 2. The summed E-state index contributed by atoms with van der Waals surface area (Å²) in [5, 5.41) is 7.79. The Balaban J connectivity index is 1.45. The molecule has 128 valence electrons. The van der Waals surface area contributed by atoms with Crippen LogP contribution in [0.5, 0.6) is 11.5 Å². The maximum Gasteiger partial charge on any atom is 0.280 e. The Morgan fingerprint density at radius 1 is 1.20 bits per heavy atom. The molecule has 25 heavy (non-hydrogen) atoms. The van der Waals surface area contributed by atoms with Crippen molar-refractivity contribution in [2.75, 3.05) is 13.4 Å². The Morgan fingerprint density at radius 2 is 2.00 bits per heavy atom. The Kier molecular flexibility index (Phi) is 5.26. The van der Waals surface area contributed by atoms with Gasteiger partial charge < -0.3 is 14.3 Å². The number of carbonyl (C=O) groups is 1. The Morgan fingerprint density at radius 3 is 2.84 bits per heavy atom. The topological polar surface area (TPSA) is 81.5 Å². The third-order valence-corrected chi connectivity index (χ3v) is 3.39. The minimum atomic E-state index is -0.401. The highest BCUT2D eigenvalue weighted by molar-refractivity contribution is 5.98. The van der Waals surface area contributed by atoms with Crippen molar-refractivity contribution >= 4 is 17.8 Å². The van der Waals surface area contributed by atoms with Gasteiger partial charge in [-0.15, -0.1) is 0 Å². The number of hydrogen-bond acceptors (Lipinski definition) is 6. The van der Waals surface area contributed by atoms with Crippen molar-refractivity contribution < 1.29 is 19.1 Å². The predicted octanol–water partition coefficient (Wildman–Crippen LogP) is 2.31. The van der Waals surface area contributed by atoms with Crippen molar-refractivity contribution in [3.8, 4) is 11.5 Å². The maximum atomic E-state index is 11.7. The quantitative estimate of drug-likeness (QED) is 0.647. The molecule has 1 amide bonds. The first-order valence-corrected chi connectivity index (χ1v) is 7.66. The summed E-state index contributed by atoms with van der Waals surface area (Å²) in [5.74, 6) is 0.951. The first-order valence-electron chi connectivity index (χ1n) is 7.66. The van der Waals surface area contributed by atoms with Gasteiger partial charge >= 0.3 is 0 Å². The fourth-order valence-corrected chi connectivity index (χ4v) is 2.12. The van der Waals surface area contributed by atoms with Gasteiger partial charge in [0, 0.05) is 0 Å². The lowest BCUT2D eigenvalue weighted by atomic mass is 10.1. The second-order valence-electron chi connectivity index (χ2n) is 5.22. The SMILES string of the molecule is CC(=NOCC(=O)NN=Cc1ccc2c(c1)OCO2)c1ccccc1. The average molecular weight is 339 g/mol. The number of oxime groups is 1. The lowest BCUT2D eigenvalue weighted by Gasteiger charge is -2.02. The smallest absolute Gasteiger partial charge is 0.280 e. The zero-order valence-corrected chi connectivity index (χ0v) is 13.6. The minimum Gasteiger partial charge on any atom is -0.454 e. The van der Waals surface area contributed by atoms with E-state index in [1.54, 1.807) is 12.1 Å². The number of benzene rings is 2. The van der Waals surface area contributed by atoms with Crippen LogP contribution in [0.1, 0.15) is 18.1 Å². The fourth-order valence-electron chi connectivity index (χ4n) is 2.12. The summed E-state index contributed by atoms with van der Waals surface area (Å²) in [7, 11) is 0. The predicted molar refractivity (Wildman–Crippen MR) is 92.9 cm³/mol. The summed E-state index contributed by atoms with van der Waals surface area (Å²) in [6.07, 6.45) is 1.51. The van der Waals surface area contributed by atoms with E-state index >= 15 is 0 Å². The van der Waals surface area contributed by atoms with Gasteiger partial charge in [0.1, 0.15) is 0 Å². The molecule has 1 aliphatic heterocycles. The highest BCUT2D eigenvalue weighted by Crippen LogP contribution is 2.31. The molecule has 3 rings (SSSR count). The van der Waals surface area contributed by atoms with Gasteiger partial charge in [0.05, 0.1) is 11.9 Å². The van der Waals surface area contributed by atoms with Crippen molar-refractivity contribution in [3.63, 3.8) is 0 Å². The van der Waals surface area contributed by atoms with E-state index in [0.717, 1.165) is 11.1 Å². The molecule has 2 aromatic rings. The fraction of sp³-hybridized carbons (Fsp3) is 0.167. The number of hydrazone groups is 1. The number of fused-ring (bicyclic) bond motifs is 1. The van der Waals surface area contributed by atoms with Crippen LogP contribution in [0.15, 0.2) is 58.8 Å². The third-order valence-electron chi connectivity index (χ3n) is 3.39. The van der Waals surface area contributed by atoms with Gasteiger partial charge in [0.2, 0.25) is 6.79 Å². The molecule has 1 heterocycles. The van der Waals surface area contributed by atoms with Crippen LogP contribution < -0.4 is 14.9 Å². The van der Waals surface area contributed by atoms with Crippen LogP contribution in [0.2, 0.25) is 0 Å². The van der Waals surface area contributed by atoms with Gasteiger partial charge in [-0.3, -0.25) is 4.79 Å². The van der Waals surface area contributed by atoms with Crippen LogP contribution in [-0.2, 0) is 9.63 Å². The van der Waals surface area contributed by atoms with Crippen LogP contribution in [0.25, 0.3) is 0 Å². The first kappa shape index (κ1) is 16.5. The summed E-state index contributed by atoms with van der Waals surface area (Å²) >= 11 is 0. The summed E-state index contributed by atoms with van der Waals surface area (Å²) in [6, 6.07) is 14.9. The molecule has 0 radical (unpaired) electrons. The number of nitrogens with one attached hydrogen (secondary N) is 1. The molecule has 2 aromatic carbocycles. The van der Waals surface area contributed by atoms with Gasteiger partial charge in [0.25, 0.3) is 5.91 Å². The molecule has 0 saturated carbocycles. The number of ether oxygens (including phenoxy) is 2. The second kappa shape index (κ2) is 7.96. The van der Waals surface area contributed by atoms with Gasteiger partial charge in [0.15, 0.2) is 18.1 Å². The van der Waals surface area contributed by atoms with Crippen molar-refractivity contribution in [2.45, 2.75) is 6.92 Å². The molecular formula is C18H17N3O4.